The highest BCUT2D eigenvalue weighted by molar-refractivity contribution is 9.10. The molecule has 2 aromatic carbocycles. The number of rotatable bonds is 4. The van der Waals surface area contributed by atoms with Crippen molar-refractivity contribution in [3.05, 3.63) is 64.1 Å². The fourth-order valence-electron chi connectivity index (χ4n) is 3.28. The summed E-state index contributed by atoms with van der Waals surface area (Å²) in [5.74, 6) is -0.904. The Morgan fingerprint density at radius 1 is 1.29 bits per heavy atom. The summed E-state index contributed by atoms with van der Waals surface area (Å²) in [6.07, 6.45) is 3.21. The smallest absolute Gasteiger partial charge is 0.125 e. The molecule has 4 nitrogen and oxygen atoms in total. The van der Waals surface area contributed by atoms with Gasteiger partial charge in [-0.25, -0.2) is 0 Å². The van der Waals surface area contributed by atoms with Gasteiger partial charge in [-0.1, -0.05) is 46.3 Å². The second kappa shape index (κ2) is 6.77. The van der Waals surface area contributed by atoms with Gasteiger partial charge in [0.15, 0.2) is 0 Å². The molecule has 1 aliphatic carbocycles. The van der Waals surface area contributed by atoms with E-state index in [1.165, 1.54) is 0 Å². The summed E-state index contributed by atoms with van der Waals surface area (Å²) in [7, 11) is 0. The summed E-state index contributed by atoms with van der Waals surface area (Å²) >= 11 is 3.29. The van der Waals surface area contributed by atoms with E-state index in [1.54, 1.807) is 18.3 Å². The maximum atomic E-state index is 11.8. The Labute approximate surface area is 149 Å². The minimum Gasteiger partial charge on any atom is -0.549 e. The molecule has 0 unspecified atom stereocenters. The molecule has 0 amide bonds. The van der Waals surface area contributed by atoms with Crippen molar-refractivity contribution in [1.82, 2.24) is 0 Å². The molecule has 0 heterocycles. The zero-order valence-electron chi connectivity index (χ0n) is 13.0. The first-order valence-electron chi connectivity index (χ1n) is 7.80. The van der Waals surface area contributed by atoms with Crippen LogP contribution in [0.2, 0.25) is 0 Å². The van der Waals surface area contributed by atoms with Crippen LogP contribution in [0, 0.1) is 0 Å². The maximum absolute atomic E-state index is 11.8. The van der Waals surface area contributed by atoms with Gasteiger partial charge in [0.05, 0.1) is 12.0 Å². The number of hydrogen-bond acceptors (Lipinski definition) is 4. The maximum Gasteiger partial charge on any atom is 0.125 e. The number of aromatic hydroxyl groups is 1. The molecule has 0 bridgehead atoms. The summed E-state index contributed by atoms with van der Waals surface area (Å²) < 4.78 is 0.790. The van der Waals surface area contributed by atoms with Crippen LogP contribution >= 0.6 is 15.9 Å². The molecule has 124 valence electrons. The number of aliphatic carboxylic acids is 1. The van der Waals surface area contributed by atoms with E-state index in [2.05, 4.69) is 20.9 Å². The van der Waals surface area contributed by atoms with Crippen LogP contribution in [0.1, 0.15) is 30.4 Å². The number of halogens is 1. The topological polar surface area (TPSA) is 72.7 Å². The van der Waals surface area contributed by atoms with E-state index in [0.29, 0.717) is 24.8 Å². The number of aliphatic imine (C=N–C) groups is 1. The fourth-order valence-corrected chi connectivity index (χ4v) is 3.63. The molecular formula is C19H17BrNO3-. The van der Waals surface area contributed by atoms with Gasteiger partial charge < -0.3 is 15.0 Å². The highest BCUT2D eigenvalue weighted by Crippen LogP contribution is 2.42. The van der Waals surface area contributed by atoms with Gasteiger partial charge in [0, 0.05) is 21.7 Å². The first-order valence-corrected chi connectivity index (χ1v) is 8.59. The van der Waals surface area contributed by atoms with Crippen LogP contribution in [-0.2, 0) is 10.2 Å². The Bertz CT molecular complexity index is 775. The lowest BCUT2D eigenvalue weighted by Crippen LogP contribution is -2.44. The number of carbonyl (C=O) groups excluding carboxylic acids is 1. The van der Waals surface area contributed by atoms with Crippen LogP contribution in [0.4, 0.5) is 0 Å². The zero-order chi connectivity index (χ0) is 17.2. The van der Waals surface area contributed by atoms with Gasteiger partial charge in [0.2, 0.25) is 0 Å². The molecule has 3 rings (SSSR count). The molecule has 5 heteroatoms. The highest BCUT2D eigenvalue weighted by atomic mass is 79.9. The molecule has 0 aliphatic heterocycles. The minimum absolute atomic E-state index is 0.105. The van der Waals surface area contributed by atoms with Crippen LogP contribution in [0.5, 0.6) is 5.75 Å². The van der Waals surface area contributed by atoms with Gasteiger partial charge in [0.25, 0.3) is 0 Å². The lowest BCUT2D eigenvalue weighted by molar-refractivity contribution is -0.313. The molecule has 2 atom stereocenters. The van der Waals surface area contributed by atoms with E-state index in [1.807, 2.05) is 36.4 Å². The number of phenols is 1. The van der Waals surface area contributed by atoms with E-state index in [4.69, 9.17) is 0 Å². The molecule has 0 aromatic heterocycles. The Balaban J connectivity index is 1.81. The molecule has 1 saturated carbocycles. The predicted molar refractivity (Wildman–Crippen MR) is 94.2 cm³/mol. The Morgan fingerprint density at radius 3 is 2.71 bits per heavy atom. The van der Waals surface area contributed by atoms with Crippen LogP contribution in [-0.4, -0.2) is 23.3 Å². The molecule has 1 aliphatic rings. The number of carboxylic acid groups (broad SMARTS) is 1. The Kier molecular flexibility index (Phi) is 4.71. The van der Waals surface area contributed by atoms with Crippen molar-refractivity contribution in [2.45, 2.75) is 30.7 Å². The standard InChI is InChI=1S/C19H18BrNO3/c20-15-7-6-13(17(22)10-15)12-21-16-8-9-19(11-16,18(23)24)14-4-2-1-3-5-14/h1-7,10,12,16,22H,8-9,11H2,(H,23,24)/p-1/t16-,19+/m1/s1. The molecule has 2 aromatic rings. The first-order chi connectivity index (χ1) is 11.5. The zero-order valence-corrected chi connectivity index (χ0v) is 14.6. The summed E-state index contributed by atoms with van der Waals surface area (Å²) in [6.45, 7) is 0. The third-order valence-corrected chi connectivity index (χ3v) is 5.12. The van der Waals surface area contributed by atoms with E-state index in [9.17, 15) is 15.0 Å². The number of benzene rings is 2. The van der Waals surface area contributed by atoms with Crippen LogP contribution < -0.4 is 5.11 Å². The number of phenolic OH excluding ortho intramolecular Hbond substituents is 1. The highest BCUT2D eigenvalue weighted by Gasteiger charge is 2.41. The second-order valence-corrected chi connectivity index (χ2v) is 7.03. The molecule has 0 radical (unpaired) electrons. The largest absolute Gasteiger partial charge is 0.549 e. The Morgan fingerprint density at radius 2 is 2.04 bits per heavy atom. The number of carbonyl (C=O) groups is 1. The molecule has 1 N–H and O–H groups in total. The average Bonchev–Trinajstić information content (AvgIpc) is 3.01. The van der Waals surface area contributed by atoms with Crippen LogP contribution in [0.25, 0.3) is 0 Å². The van der Waals surface area contributed by atoms with Gasteiger partial charge >= 0.3 is 0 Å². The van der Waals surface area contributed by atoms with E-state index >= 15 is 0 Å². The quantitative estimate of drug-likeness (QED) is 0.821. The van der Waals surface area contributed by atoms with Gasteiger partial charge in [-0.05, 0) is 43.0 Å². The normalized spacial score (nSPS) is 23.6. The first kappa shape index (κ1) is 16.7. The monoisotopic (exact) mass is 386 g/mol. The molecule has 1 fully saturated rings. The van der Waals surface area contributed by atoms with Crippen molar-refractivity contribution in [3.63, 3.8) is 0 Å². The predicted octanol–water partition coefficient (Wildman–Crippen LogP) is 2.81. The number of nitrogens with zero attached hydrogens (tertiary/aromatic N) is 1. The average molecular weight is 387 g/mol. The van der Waals surface area contributed by atoms with E-state index in [0.717, 1.165) is 10.0 Å². The van der Waals surface area contributed by atoms with Crippen LogP contribution in [0.15, 0.2) is 58.0 Å². The summed E-state index contributed by atoms with van der Waals surface area (Å²) in [5, 5.41) is 21.7. The van der Waals surface area contributed by atoms with Crippen molar-refractivity contribution in [2.24, 2.45) is 4.99 Å². The minimum atomic E-state index is -1.04. The summed E-state index contributed by atoms with van der Waals surface area (Å²) in [5.41, 5.74) is 0.406. The SMILES string of the molecule is O=C([O-])[C@@]1(c2ccccc2)CC[C@@H](N=Cc2ccc(Br)cc2O)C1. The fraction of sp³-hybridized carbons (Fsp3) is 0.263. The lowest BCUT2D eigenvalue weighted by Gasteiger charge is -2.30. The molecule has 0 spiro atoms. The summed E-state index contributed by atoms with van der Waals surface area (Å²) in [6, 6.07) is 14.3. The second-order valence-electron chi connectivity index (χ2n) is 6.11. The van der Waals surface area contributed by atoms with Crippen molar-refractivity contribution in [3.8, 4) is 5.75 Å². The third kappa shape index (κ3) is 3.22. The number of hydrogen-bond donors (Lipinski definition) is 1. The molecule has 24 heavy (non-hydrogen) atoms. The summed E-state index contributed by atoms with van der Waals surface area (Å²) in [4.78, 5) is 16.3. The lowest BCUT2D eigenvalue weighted by atomic mass is 9.79. The van der Waals surface area contributed by atoms with E-state index < -0.39 is 11.4 Å². The third-order valence-electron chi connectivity index (χ3n) is 4.62. The van der Waals surface area contributed by atoms with Crippen molar-refractivity contribution in [1.29, 1.82) is 0 Å². The molecule has 0 saturated heterocycles. The van der Waals surface area contributed by atoms with Gasteiger partial charge in [-0.2, -0.15) is 0 Å². The van der Waals surface area contributed by atoms with Crippen LogP contribution in [0.3, 0.4) is 0 Å². The van der Waals surface area contributed by atoms with Gasteiger partial charge in [0.1, 0.15) is 5.75 Å². The number of carboxylic acids is 1. The van der Waals surface area contributed by atoms with Crippen molar-refractivity contribution < 1.29 is 15.0 Å². The Hall–Kier alpha value is -2.14. The van der Waals surface area contributed by atoms with Gasteiger partial charge in [-0.15, -0.1) is 0 Å². The van der Waals surface area contributed by atoms with Crippen molar-refractivity contribution in [2.75, 3.05) is 0 Å². The van der Waals surface area contributed by atoms with E-state index in [-0.39, 0.29) is 11.8 Å². The van der Waals surface area contributed by atoms with Gasteiger partial charge in [-0.3, -0.25) is 4.99 Å². The van der Waals surface area contributed by atoms with Crippen molar-refractivity contribution >= 4 is 28.1 Å². The molecular weight excluding hydrogens is 370 g/mol.